The fraction of sp³-hybridized carbons (Fsp3) is 0.867. The lowest BCUT2D eigenvalue weighted by atomic mass is 9.97. The first-order valence-corrected chi connectivity index (χ1v) is 10.0. The molecule has 1 aliphatic carbocycles. The Balaban J connectivity index is 1.57. The minimum atomic E-state index is -3.74. The van der Waals surface area contributed by atoms with Gasteiger partial charge in [0.05, 0.1) is 5.92 Å². The largest absolute Gasteiger partial charge is 0.342 e. The van der Waals surface area contributed by atoms with Gasteiger partial charge in [-0.15, -0.1) is 0 Å². The summed E-state index contributed by atoms with van der Waals surface area (Å²) in [6.45, 7) is 1.97. The molecule has 2 aliphatic heterocycles. The van der Waals surface area contributed by atoms with Crippen molar-refractivity contribution in [3.63, 3.8) is 0 Å². The molecule has 2 saturated heterocycles. The summed E-state index contributed by atoms with van der Waals surface area (Å²) in [7, 11) is -3.74. The summed E-state index contributed by atoms with van der Waals surface area (Å²) >= 11 is 0. The van der Waals surface area contributed by atoms with E-state index >= 15 is 0 Å². The highest BCUT2D eigenvalue weighted by atomic mass is 32.2. The highest BCUT2D eigenvalue weighted by molar-refractivity contribution is 7.87. The van der Waals surface area contributed by atoms with Crippen molar-refractivity contribution in [1.82, 2.24) is 13.9 Å². The van der Waals surface area contributed by atoms with E-state index in [4.69, 9.17) is 0 Å². The molecule has 8 heteroatoms. The van der Waals surface area contributed by atoms with Crippen LogP contribution in [0.1, 0.15) is 44.9 Å². The van der Waals surface area contributed by atoms with Crippen LogP contribution >= 0.6 is 0 Å². The molecule has 0 aromatic rings. The normalized spacial score (nSPS) is 26.8. The van der Waals surface area contributed by atoms with Gasteiger partial charge in [0.25, 0.3) is 0 Å². The van der Waals surface area contributed by atoms with Crippen molar-refractivity contribution in [3.05, 3.63) is 0 Å². The van der Waals surface area contributed by atoms with Crippen LogP contribution in [-0.4, -0.2) is 55.6 Å². The first kappa shape index (κ1) is 16.7. The maximum atomic E-state index is 12.4. The number of nitrogens with one attached hydrogen (secondary N) is 1. The second-order valence-electron chi connectivity index (χ2n) is 6.83. The number of nitrogens with zero attached hydrogens (tertiary/aromatic N) is 2. The van der Waals surface area contributed by atoms with Crippen LogP contribution in [0.3, 0.4) is 0 Å². The van der Waals surface area contributed by atoms with Crippen LogP contribution in [0.2, 0.25) is 0 Å². The Kier molecular flexibility index (Phi) is 4.91. The van der Waals surface area contributed by atoms with Gasteiger partial charge >= 0.3 is 10.2 Å². The van der Waals surface area contributed by atoms with E-state index in [1.54, 1.807) is 4.90 Å². The van der Waals surface area contributed by atoms with Crippen LogP contribution in [0, 0.1) is 11.8 Å². The van der Waals surface area contributed by atoms with Gasteiger partial charge in [-0.3, -0.25) is 9.59 Å². The average molecular weight is 343 g/mol. The summed E-state index contributed by atoms with van der Waals surface area (Å²) < 4.78 is 28.1. The predicted molar refractivity (Wildman–Crippen MR) is 84.5 cm³/mol. The molecule has 23 heavy (non-hydrogen) atoms. The molecule has 1 saturated carbocycles. The smallest absolute Gasteiger partial charge is 0.303 e. The number of rotatable bonds is 4. The fourth-order valence-corrected chi connectivity index (χ4v) is 4.65. The Bertz CT molecular complexity index is 567. The minimum absolute atomic E-state index is 0.126. The molecule has 2 heterocycles. The Morgan fingerprint density at radius 2 is 1.57 bits per heavy atom. The van der Waals surface area contributed by atoms with Gasteiger partial charge in [0.1, 0.15) is 0 Å². The summed E-state index contributed by atoms with van der Waals surface area (Å²) in [6, 6.07) is 0. The molecule has 3 rings (SSSR count). The lowest BCUT2D eigenvalue weighted by molar-refractivity contribution is -0.136. The summed E-state index contributed by atoms with van der Waals surface area (Å²) in [4.78, 5) is 26.2. The van der Waals surface area contributed by atoms with Crippen LogP contribution in [0.25, 0.3) is 0 Å². The van der Waals surface area contributed by atoms with Crippen LogP contribution < -0.4 is 4.72 Å². The number of hydrogen-bond acceptors (Lipinski definition) is 4. The van der Waals surface area contributed by atoms with Crippen molar-refractivity contribution in [3.8, 4) is 0 Å². The first-order valence-electron chi connectivity index (χ1n) is 8.58. The maximum absolute atomic E-state index is 12.4. The van der Waals surface area contributed by atoms with Gasteiger partial charge in [0.15, 0.2) is 0 Å². The third-order valence-electron chi connectivity index (χ3n) is 4.91. The zero-order chi connectivity index (χ0) is 16.4. The van der Waals surface area contributed by atoms with Gasteiger partial charge in [-0.2, -0.15) is 12.7 Å². The summed E-state index contributed by atoms with van der Waals surface area (Å²) in [5, 5.41) is 0. The number of hydrogen-bond donors (Lipinski definition) is 1. The minimum Gasteiger partial charge on any atom is -0.342 e. The number of likely N-dealkylation sites (tertiary alicyclic amines) is 1. The molecule has 0 aromatic carbocycles. The quantitative estimate of drug-likeness (QED) is 0.804. The Labute approximate surface area is 137 Å². The van der Waals surface area contributed by atoms with E-state index in [0.29, 0.717) is 32.6 Å². The fourth-order valence-electron chi connectivity index (χ4n) is 3.36. The molecule has 0 bridgehead atoms. The Morgan fingerprint density at radius 1 is 0.870 bits per heavy atom. The van der Waals surface area contributed by atoms with Gasteiger partial charge in [-0.25, -0.2) is 4.72 Å². The van der Waals surface area contributed by atoms with Crippen molar-refractivity contribution in [2.24, 2.45) is 11.8 Å². The Morgan fingerprint density at radius 3 is 2.22 bits per heavy atom. The van der Waals surface area contributed by atoms with Crippen molar-refractivity contribution >= 4 is 22.0 Å². The van der Waals surface area contributed by atoms with Crippen molar-refractivity contribution in [2.45, 2.75) is 44.9 Å². The molecule has 1 atom stereocenters. The molecular weight excluding hydrogens is 318 g/mol. The first-order chi connectivity index (χ1) is 11.0. The zero-order valence-corrected chi connectivity index (χ0v) is 14.2. The van der Waals surface area contributed by atoms with Gasteiger partial charge in [0.2, 0.25) is 11.8 Å². The highest BCUT2D eigenvalue weighted by Crippen LogP contribution is 2.32. The molecule has 3 fully saturated rings. The molecule has 0 radical (unpaired) electrons. The van der Waals surface area contributed by atoms with E-state index in [1.165, 1.54) is 4.31 Å². The molecule has 2 amide bonds. The topological polar surface area (TPSA) is 86.8 Å². The molecule has 7 nitrogen and oxygen atoms in total. The number of carbonyl (C=O) groups excluding carboxylic acids is 2. The predicted octanol–water partition coefficient (Wildman–Crippen LogP) is 0.482. The van der Waals surface area contributed by atoms with E-state index in [0.717, 1.165) is 38.5 Å². The van der Waals surface area contributed by atoms with Crippen LogP contribution in [0.15, 0.2) is 0 Å². The van der Waals surface area contributed by atoms with Gasteiger partial charge in [0, 0.05) is 32.1 Å². The second-order valence-corrected chi connectivity index (χ2v) is 8.50. The van der Waals surface area contributed by atoms with E-state index in [9.17, 15) is 18.0 Å². The third-order valence-corrected chi connectivity index (χ3v) is 6.42. The van der Waals surface area contributed by atoms with Gasteiger partial charge in [-0.05, 0) is 38.5 Å². The zero-order valence-electron chi connectivity index (χ0n) is 13.4. The molecule has 3 aliphatic rings. The molecule has 1 N–H and O–H groups in total. The van der Waals surface area contributed by atoms with Crippen molar-refractivity contribution in [1.29, 1.82) is 0 Å². The monoisotopic (exact) mass is 343 g/mol. The molecule has 0 unspecified atom stereocenters. The van der Waals surface area contributed by atoms with Gasteiger partial charge in [-0.1, -0.05) is 6.42 Å². The number of piperidine rings is 2. The van der Waals surface area contributed by atoms with Crippen molar-refractivity contribution in [2.75, 3.05) is 26.2 Å². The average Bonchev–Trinajstić information content (AvgIpc) is 3.40. The van der Waals surface area contributed by atoms with E-state index < -0.39 is 22.0 Å². The van der Waals surface area contributed by atoms with Crippen LogP contribution in [0.4, 0.5) is 0 Å². The third kappa shape index (κ3) is 4.03. The molecule has 0 spiro atoms. The lowest BCUT2D eigenvalue weighted by Crippen LogP contribution is -2.51. The summed E-state index contributed by atoms with van der Waals surface area (Å²) in [5.74, 6) is -0.634. The van der Waals surface area contributed by atoms with E-state index in [-0.39, 0.29) is 11.8 Å². The molecule has 130 valence electrons. The number of amides is 2. The number of carbonyl (C=O) groups is 2. The standard InChI is InChI=1S/C15H25N3O4S/c19-14(16-23(21,22)18-9-2-1-3-10-18)13-5-4-8-17(11-13)15(20)12-6-7-12/h12-13H,1-11H2,(H,16,19)/t13-/m1/s1. The lowest BCUT2D eigenvalue weighted by Gasteiger charge is -2.33. The maximum Gasteiger partial charge on any atom is 0.303 e. The highest BCUT2D eigenvalue weighted by Gasteiger charge is 2.37. The van der Waals surface area contributed by atoms with Crippen LogP contribution in [-0.2, 0) is 19.8 Å². The van der Waals surface area contributed by atoms with Gasteiger partial charge < -0.3 is 4.90 Å². The SMILES string of the molecule is O=C(NS(=O)(=O)N1CCCCC1)[C@@H]1CCCN(C(=O)C2CC2)C1. The second kappa shape index (κ2) is 6.76. The summed E-state index contributed by atoms with van der Waals surface area (Å²) in [5.41, 5.74) is 0. The Hall–Kier alpha value is -1.15. The summed E-state index contributed by atoms with van der Waals surface area (Å²) in [6.07, 6.45) is 5.96. The molecular formula is C15H25N3O4S. The van der Waals surface area contributed by atoms with E-state index in [2.05, 4.69) is 4.72 Å². The van der Waals surface area contributed by atoms with Crippen molar-refractivity contribution < 1.29 is 18.0 Å². The molecule has 0 aromatic heterocycles. The van der Waals surface area contributed by atoms with E-state index in [1.807, 2.05) is 0 Å². The van der Waals surface area contributed by atoms with Crippen LogP contribution in [0.5, 0.6) is 0 Å².